The predicted molar refractivity (Wildman–Crippen MR) is 124 cm³/mol. The molecule has 0 N–H and O–H groups in total. The molecule has 0 atom stereocenters. The van der Waals surface area contributed by atoms with E-state index in [1.807, 2.05) is 30.5 Å². The number of aromatic nitrogens is 1. The first-order valence-corrected chi connectivity index (χ1v) is 10.4. The summed E-state index contributed by atoms with van der Waals surface area (Å²) in [6, 6.07) is 23.0. The van der Waals surface area contributed by atoms with Gasteiger partial charge < -0.3 is 4.90 Å². The number of para-hydroxylation sites is 1. The second kappa shape index (κ2) is 9.51. The fraction of sp³-hybridized carbons (Fsp3) is 0.308. The minimum atomic E-state index is 0.415. The molecular formula is C26H31N3. The number of aliphatic imine (C=N–C) groups is 1. The van der Waals surface area contributed by atoms with E-state index in [0.29, 0.717) is 11.8 Å². The molecule has 0 saturated carbocycles. The van der Waals surface area contributed by atoms with Crippen LogP contribution in [0.1, 0.15) is 63.1 Å². The third-order valence-corrected chi connectivity index (χ3v) is 5.12. The lowest BCUT2D eigenvalue weighted by Gasteiger charge is -2.25. The zero-order valence-electron chi connectivity index (χ0n) is 18.1. The third-order valence-electron chi connectivity index (χ3n) is 5.12. The standard InChI is InChI=1S/C26H31N3/c1-19(2)23-14-11-15-24(20(3)4)26(23)28-21(5)29(25-16-9-10-17-27-25)18-22-12-7-6-8-13-22/h6-17,19-20H,18H2,1-5H3. The molecule has 0 unspecified atom stereocenters. The number of hydrogen-bond acceptors (Lipinski definition) is 2. The van der Waals surface area contributed by atoms with Crippen LogP contribution < -0.4 is 4.90 Å². The molecule has 0 aliphatic heterocycles. The van der Waals surface area contributed by atoms with E-state index in [2.05, 4.69) is 87.0 Å². The summed E-state index contributed by atoms with van der Waals surface area (Å²) in [7, 11) is 0. The highest BCUT2D eigenvalue weighted by Crippen LogP contribution is 2.35. The van der Waals surface area contributed by atoms with Crippen molar-refractivity contribution in [2.75, 3.05) is 4.90 Å². The lowest BCUT2D eigenvalue weighted by molar-refractivity contribution is 0.833. The van der Waals surface area contributed by atoms with Gasteiger partial charge in [0.1, 0.15) is 11.7 Å². The second-order valence-corrected chi connectivity index (χ2v) is 8.01. The van der Waals surface area contributed by atoms with Crippen molar-refractivity contribution in [3.05, 3.63) is 89.6 Å². The van der Waals surface area contributed by atoms with E-state index in [-0.39, 0.29) is 0 Å². The molecule has 0 aliphatic carbocycles. The van der Waals surface area contributed by atoms with E-state index in [4.69, 9.17) is 4.99 Å². The fourth-order valence-corrected chi connectivity index (χ4v) is 3.50. The molecule has 1 heterocycles. The minimum absolute atomic E-state index is 0.415. The summed E-state index contributed by atoms with van der Waals surface area (Å²) in [5.41, 5.74) is 4.91. The van der Waals surface area contributed by atoms with E-state index in [1.54, 1.807) is 0 Å². The molecular weight excluding hydrogens is 354 g/mol. The fourth-order valence-electron chi connectivity index (χ4n) is 3.50. The molecule has 3 aromatic rings. The van der Waals surface area contributed by atoms with Crippen molar-refractivity contribution in [3.63, 3.8) is 0 Å². The first-order valence-electron chi connectivity index (χ1n) is 10.4. The highest BCUT2D eigenvalue weighted by atomic mass is 15.2. The monoisotopic (exact) mass is 385 g/mol. The van der Waals surface area contributed by atoms with Gasteiger partial charge in [0.15, 0.2) is 0 Å². The maximum absolute atomic E-state index is 5.18. The van der Waals surface area contributed by atoms with Crippen LogP contribution in [0, 0.1) is 0 Å². The lowest BCUT2D eigenvalue weighted by atomic mass is 9.93. The van der Waals surface area contributed by atoms with E-state index in [1.165, 1.54) is 16.7 Å². The summed E-state index contributed by atoms with van der Waals surface area (Å²) in [5.74, 6) is 2.68. The number of hydrogen-bond donors (Lipinski definition) is 0. The van der Waals surface area contributed by atoms with Gasteiger partial charge in [-0.2, -0.15) is 0 Å². The molecule has 3 heteroatoms. The molecule has 0 amide bonds. The highest BCUT2D eigenvalue weighted by molar-refractivity contribution is 5.97. The van der Waals surface area contributed by atoms with Gasteiger partial charge in [-0.3, -0.25) is 0 Å². The van der Waals surface area contributed by atoms with E-state index >= 15 is 0 Å². The summed E-state index contributed by atoms with van der Waals surface area (Å²) in [6.45, 7) is 11.7. The Bertz CT molecular complexity index is 918. The zero-order chi connectivity index (χ0) is 20.8. The summed E-state index contributed by atoms with van der Waals surface area (Å²) >= 11 is 0. The van der Waals surface area contributed by atoms with Crippen molar-refractivity contribution < 1.29 is 0 Å². The average Bonchev–Trinajstić information content (AvgIpc) is 2.73. The number of anilines is 1. The number of amidine groups is 1. The Morgan fingerprint density at radius 3 is 2.00 bits per heavy atom. The molecule has 0 radical (unpaired) electrons. The Kier molecular flexibility index (Phi) is 6.82. The predicted octanol–water partition coefficient (Wildman–Crippen LogP) is 7.09. The summed E-state index contributed by atoms with van der Waals surface area (Å²) in [5, 5.41) is 0. The smallest absolute Gasteiger partial charge is 0.134 e. The van der Waals surface area contributed by atoms with Crippen LogP contribution in [0.25, 0.3) is 0 Å². The number of rotatable bonds is 6. The van der Waals surface area contributed by atoms with E-state index in [9.17, 15) is 0 Å². The quantitative estimate of drug-likeness (QED) is 0.335. The third kappa shape index (κ3) is 5.11. The Balaban J connectivity index is 2.09. The molecule has 1 aromatic heterocycles. The summed E-state index contributed by atoms with van der Waals surface area (Å²) in [4.78, 5) is 12.0. The van der Waals surface area contributed by atoms with Crippen molar-refractivity contribution in [1.82, 2.24) is 4.98 Å². The minimum Gasteiger partial charge on any atom is -0.310 e. The van der Waals surface area contributed by atoms with E-state index in [0.717, 1.165) is 23.9 Å². The molecule has 0 bridgehead atoms. The van der Waals surface area contributed by atoms with Crippen LogP contribution in [-0.2, 0) is 6.54 Å². The van der Waals surface area contributed by atoms with Crippen LogP contribution in [-0.4, -0.2) is 10.8 Å². The molecule has 0 fully saturated rings. The molecule has 3 rings (SSSR count). The van der Waals surface area contributed by atoms with Crippen molar-refractivity contribution >= 4 is 17.3 Å². The second-order valence-electron chi connectivity index (χ2n) is 8.01. The molecule has 0 saturated heterocycles. The van der Waals surface area contributed by atoms with Gasteiger partial charge in [0.2, 0.25) is 0 Å². The Hall–Kier alpha value is -2.94. The number of pyridine rings is 1. The number of nitrogens with zero attached hydrogens (tertiary/aromatic N) is 3. The van der Waals surface area contributed by atoms with Crippen LogP contribution in [0.5, 0.6) is 0 Å². The molecule has 0 aliphatic rings. The molecule has 2 aromatic carbocycles. The van der Waals surface area contributed by atoms with Gasteiger partial charge in [0.05, 0.1) is 12.2 Å². The number of benzene rings is 2. The Morgan fingerprint density at radius 1 is 0.828 bits per heavy atom. The summed E-state index contributed by atoms with van der Waals surface area (Å²) in [6.07, 6.45) is 1.84. The largest absolute Gasteiger partial charge is 0.310 e. The SMILES string of the molecule is CC(=Nc1c(C(C)C)cccc1C(C)C)N(Cc1ccccc1)c1ccccn1. The van der Waals surface area contributed by atoms with Crippen LogP contribution in [0.4, 0.5) is 11.5 Å². The topological polar surface area (TPSA) is 28.5 Å². The van der Waals surface area contributed by atoms with Crippen LogP contribution >= 0.6 is 0 Å². The van der Waals surface area contributed by atoms with Gasteiger partial charge in [0, 0.05) is 6.20 Å². The van der Waals surface area contributed by atoms with Crippen molar-refractivity contribution in [1.29, 1.82) is 0 Å². The maximum Gasteiger partial charge on any atom is 0.134 e. The first-order chi connectivity index (χ1) is 14.0. The summed E-state index contributed by atoms with van der Waals surface area (Å²) < 4.78 is 0. The van der Waals surface area contributed by atoms with Crippen molar-refractivity contribution in [2.45, 2.75) is 53.0 Å². The van der Waals surface area contributed by atoms with Gasteiger partial charge in [-0.25, -0.2) is 9.98 Å². The molecule has 150 valence electrons. The molecule has 3 nitrogen and oxygen atoms in total. The van der Waals surface area contributed by atoms with Crippen molar-refractivity contribution in [3.8, 4) is 0 Å². The molecule has 29 heavy (non-hydrogen) atoms. The Labute approximate surface area is 175 Å². The first kappa shape index (κ1) is 20.8. The average molecular weight is 386 g/mol. The van der Waals surface area contributed by atoms with Gasteiger partial charge in [-0.1, -0.05) is 82.3 Å². The van der Waals surface area contributed by atoms with Gasteiger partial charge >= 0.3 is 0 Å². The lowest BCUT2D eigenvalue weighted by Crippen LogP contribution is -2.29. The highest BCUT2D eigenvalue weighted by Gasteiger charge is 2.17. The van der Waals surface area contributed by atoms with Crippen LogP contribution in [0.3, 0.4) is 0 Å². The van der Waals surface area contributed by atoms with Gasteiger partial charge in [-0.05, 0) is 47.6 Å². The maximum atomic E-state index is 5.18. The van der Waals surface area contributed by atoms with Crippen LogP contribution in [0.2, 0.25) is 0 Å². The van der Waals surface area contributed by atoms with Gasteiger partial charge in [-0.15, -0.1) is 0 Å². The van der Waals surface area contributed by atoms with Gasteiger partial charge in [0.25, 0.3) is 0 Å². The zero-order valence-corrected chi connectivity index (χ0v) is 18.1. The van der Waals surface area contributed by atoms with E-state index < -0.39 is 0 Å². The Morgan fingerprint density at radius 2 is 1.45 bits per heavy atom. The van der Waals surface area contributed by atoms with Crippen molar-refractivity contribution in [2.24, 2.45) is 4.99 Å². The normalized spacial score (nSPS) is 11.9. The molecule has 0 spiro atoms. The van der Waals surface area contributed by atoms with Crippen LogP contribution in [0.15, 0.2) is 77.9 Å².